The number of carbonyl (C=O) groups excluding carboxylic acids is 2. The minimum absolute atomic E-state index is 0.0532. The van der Waals surface area contributed by atoms with Crippen molar-refractivity contribution in [2.24, 2.45) is 0 Å². The van der Waals surface area contributed by atoms with Crippen LogP contribution in [-0.2, 0) is 13.0 Å². The second-order valence-electron chi connectivity index (χ2n) is 9.57. The number of benzene rings is 4. The molecular formula is C31H25Cl2N3O4. The van der Waals surface area contributed by atoms with Crippen molar-refractivity contribution in [1.82, 2.24) is 10.2 Å². The number of carbonyl (C=O) groups is 2. The molecule has 2 heterocycles. The highest BCUT2D eigenvalue weighted by Gasteiger charge is 2.36. The topological polar surface area (TPSA) is 79.9 Å². The molecule has 7 nitrogen and oxygen atoms in total. The minimum Gasteiger partial charge on any atom is -0.454 e. The fraction of sp³-hybridized carbons (Fsp3) is 0.161. The lowest BCUT2D eigenvalue weighted by Gasteiger charge is -2.27. The van der Waals surface area contributed by atoms with Gasteiger partial charge in [-0.3, -0.25) is 9.59 Å². The van der Waals surface area contributed by atoms with Crippen LogP contribution in [0.5, 0.6) is 11.5 Å². The molecule has 0 saturated carbocycles. The van der Waals surface area contributed by atoms with Crippen LogP contribution in [0.1, 0.15) is 43.6 Å². The maximum atomic E-state index is 13.4. The van der Waals surface area contributed by atoms with Crippen LogP contribution in [0.3, 0.4) is 0 Å². The van der Waals surface area contributed by atoms with E-state index in [0.717, 1.165) is 22.4 Å². The van der Waals surface area contributed by atoms with Gasteiger partial charge in [-0.2, -0.15) is 0 Å². The first-order valence-electron chi connectivity index (χ1n) is 12.8. The largest absolute Gasteiger partial charge is 0.454 e. The molecule has 6 rings (SSSR count). The van der Waals surface area contributed by atoms with E-state index in [2.05, 4.69) is 10.6 Å². The molecule has 2 amide bonds. The SMILES string of the molecule is O=C(NCCc1ccc(Cl)cc1Cl)c1ccc(NC2c3ccccc3C(=O)N2Cc2ccc3c(c2)OCO3)cc1. The van der Waals surface area contributed by atoms with Gasteiger partial charge in [0, 0.05) is 45.5 Å². The highest BCUT2D eigenvalue weighted by molar-refractivity contribution is 6.35. The van der Waals surface area contributed by atoms with Crippen LogP contribution in [0.4, 0.5) is 5.69 Å². The van der Waals surface area contributed by atoms with E-state index in [1.807, 2.05) is 60.7 Å². The van der Waals surface area contributed by atoms with Crippen molar-refractivity contribution in [3.05, 3.63) is 123 Å². The second-order valence-corrected chi connectivity index (χ2v) is 10.4. The third-order valence-corrected chi connectivity index (χ3v) is 7.58. The number of halogens is 2. The Bertz CT molecular complexity index is 1590. The summed E-state index contributed by atoms with van der Waals surface area (Å²) in [7, 11) is 0. The van der Waals surface area contributed by atoms with Crippen molar-refractivity contribution in [3.8, 4) is 11.5 Å². The quantitative estimate of drug-likeness (QED) is 0.253. The molecule has 40 heavy (non-hydrogen) atoms. The Hall–Kier alpha value is -4.20. The fourth-order valence-corrected chi connectivity index (χ4v) is 5.44. The zero-order valence-corrected chi connectivity index (χ0v) is 22.8. The van der Waals surface area contributed by atoms with E-state index >= 15 is 0 Å². The smallest absolute Gasteiger partial charge is 0.256 e. The van der Waals surface area contributed by atoms with Gasteiger partial charge in [-0.15, -0.1) is 0 Å². The highest BCUT2D eigenvalue weighted by atomic mass is 35.5. The van der Waals surface area contributed by atoms with Gasteiger partial charge >= 0.3 is 0 Å². The molecular weight excluding hydrogens is 549 g/mol. The number of hydrogen-bond donors (Lipinski definition) is 2. The van der Waals surface area contributed by atoms with Gasteiger partial charge in [0.1, 0.15) is 6.17 Å². The molecule has 2 aliphatic heterocycles. The van der Waals surface area contributed by atoms with Crippen LogP contribution in [-0.4, -0.2) is 30.1 Å². The third-order valence-electron chi connectivity index (χ3n) is 6.99. The first kappa shape index (κ1) is 26.0. The average Bonchev–Trinajstić information content (AvgIpc) is 3.53. The number of nitrogens with one attached hydrogen (secondary N) is 2. The summed E-state index contributed by atoms with van der Waals surface area (Å²) in [4.78, 5) is 27.9. The average molecular weight is 574 g/mol. The normalized spacial score (nSPS) is 15.2. The zero-order valence-electron chi connectivity index (χ0n) is 21.3. The predicted molar refractivity (Wildman–Crippen MR) is 154 cm³/mol. The summed E-state index contributed by atoms with van der Waals surface area (Å²) in [6.07, 6.45) is 0.216. The lowest BCUT2D eigenvalue weighted by atomic mass is 10.1. The van der Waals surface area contributed by atoms with Gasteiger partial charge < -0.3 is 25.0 Å². The van der Waals surface area contributed by atoms with Gasteiger partial charge in [0.2, 0.25) is 6.79 Å². The Morgan fingerprint density at radius 2 is 1.73 bits per heavy atom. The van der Waals surface area contributed by atoms with E-state index in [4.69, 9.17) is 32.7 Å². The molecule has 9 heteroatoms. The minimum atomic E-state index is -0.377. The first-order valence-corrected chi connectivity index (χ1v) is 13.6. The van der Waals surface area contributed by atoms with E-state index in [1.165, 1.54) is 0 Å². The lowest BCUT2D eigenvalue weighted by molar-refractivity contribution is 0.0728. The van der Waals surface area contributed by atoms with E-state index < -0.39 is 0 Å². The van der Waals surface area contributed by atoms with Crippen LogP contribution in [0.15, 0.2) is 84.9 Å². The van der Waals surface area contributed by atoms with E-state index in [0.29, 0.717) is 52.2 Å². The maximum absolute atomic E-state index is 13.4. The number of fused-ring (bicyclic) bond motifs is 2. The van der Waals surface area contributed by atoms with Crippen molar-refractivity contribution < 1.29 is 19.1 Å². The zero-order chi connectivity index (χ0) is 27.6. The fourth-order valence-electron chi connectivity index (χ4n) is 4.94. The Morgan fingerprint density at radius 3 is 2.55 bits per heavy atom. The van der Waals surface area contributed by atoms with Crippen LogP contribution in [0.25, 0.3) is 0 Å². The molecule has 2 N–H and O–H groups in total. The predicted octanol–water partition coefficient (Wildman–Crippen LogP) is 6.46. The van der Waals surface area contributed by atoms with Crippen molar-refractivity contribution in [2.75, 3.05) is 18.7 Å². The van der Waals surface area contributed by atoms with Crippen molar-refractivity contribution in [1.29, 1.82) is 0 Å². The molecule has 0 aliphatic carbocycles. The lowest BCUT2D eigenvalue weighted by Crippen LogP contribution is -2.32. The molecule has 1 unspecified atom stereocenters. The Balaban J connectivity index is 1.13. The summed E-state index contributed by atoms with van der Waals surface area (Å²) in [6, 6.07) is 25.8. The monoisotopic (exact) mass is 573 g/mol. The molecule has 0 bridgehead atoms. The molecule has 4 aromatic carbocycles. The van der Waals surface area contributed by atoms with Gasteiger partial charge in [0.05, 0.1) is 0 Å². The number of hydrogen-bond acceptors (Lipinski definition) is 5. The Kier molecular flexibility index (Phi) is 7.24. The summed E-state index contributed by atoms with van der Waals surface area (Å²) < 4.78 is 10.9. The number of ether oxygens (including phenoxy) is 2. The molecule has 202 valence electrons. The standard InChI is InChI=1S/C31H25Cl2N3O4/c32-22-9-6-20(26(33)16-22)13-14-34-30(37)21-7-10-23(11-8-21)35-29-24-3-1-2-4-25(24)31(38)36(29)17-19-5-12-27-28(15-19)40-18-39-27/h1-12,15-16,29,35H,13-14,17-18H2,(H,34,37). The van der Waals surface area contributed by atoms with Crippen molar-refractivity contribution in [2.45, 2.75) is 19.1 Å². The maximum Gasteiger partial charge on any atom is 0.256 e. The number of rotatable bonds is 8. The Morgan fingerprint density at radius 1 is 0.925 bits per heavy atom. The van der Waals surface area contributed by atoms with Crippen molar-refractivity contribution >= 4 is 40.7 Å². The van der Waals surface area contributed by atoms with Crippen LogP contribution in [0.2, 0.25) is 10.0 Å². The highest BCUT2D eigenvalue weighted by Crippen LogP contribution is 2.38. The molecule has 0 aromatic heterocycles. The van der Waals surface area contributed by atoms with Gasteiger partial charge in [-0.25, -0.2) is 0 Å². The molecule has 0 fully saturated rings. The summed E-state index contributed by atoms with van der Waals surface area (Å²) in [5, 5.41) is 7.57. The third kappa shape index (κ3) is 5.30. The summed E-state index contributed by atoms with van der Waals surface area (Å²) in [5.41, 5.74) is 4.74. The van der Waals surface area contributed by atoms with Gasteiger partial charge in [0.15, 0.2) is 11.5 Å². The van der Waals surface area contributed by atoms with E-state index in [-0.39, 0.29) is 24.8 Å². The number of anilines is 1. The van der Waals surface area contributed by atoms with Gasteiger partial charge in [-0.1, -0.05) is 53.5 Å². The number of amides is 2. The molecule has 0 spiro atoms. The van der Waals surface area contributed by atoms with Gasteiger partial charge in [0.25, 0.3) is 11.8 Å². The molecule has 1 atom stereocenters. The van der Waals surface area contributed by atoms with Crippen LogP contribution >= 0.6 is 23.2 Å². The van der Waals surface area contributed by atoms with E-state index in [9.17, 15) is 9.59 Å². The van der Waals surface area contributed by atoms with Crippen LogP contribution < -0.4 is 20.1 Å². The molecule has 2 aliphatic rings. The molecule has 4 aromatic rings. The second kappa shape index (κ2) is 11.1. The van der Waals surface area contributed by atoms with Gasteiger partial charge in [-0.05, 0) is 72.1 Å². The summed E-state index contributed by atoms with van der Waals surface area (Å²) in [5.74, 6) is 1.15. The Labute approximate surface area is 241 Å². The van der Waals surface area contributed by atoms with E-state index in [1.54, 1.807) is 29.2 Å². The first-order chi connectivity index (χ1) is 19.5. The van der Waals surface area contributed by atoms with Crippen LogP contribution in [0, 0.1) is 0 Å². The molecule has 0 radical (unpaired) electrons. The summed E-state index contributed by atoms with van der Waals surface area (Å²) in [6.45, 7) is 1.03. The number of nitrogens with zero attached hydrogens (tertiary/aromatic N) is 1. The molecule has 0 saturated heterocycles. The summed E-state index contributed by atoms with van der Waals surface area (Å²) >= 11 is 12.2. The van der Waals surface area contributed by atoms with Crippen molar-refractivity contribution in [3.63, 3.8) is 0 Å².